The summed E-state index contributed by atoms with van der Waals surface area (Å²) in [7, 11) is 1.42. The van der Waals surface area contributed by atoms with Crippen molar-refractivity contribution >= 4 is 19.8 Å². The minimum Gasteiger partial charge on any atom is -0.462 e. The van der Waals surface area contributed by atoms with Gasteiger partial charge in [0.1, 0.15) is 19.8 Å². The van der Waals surface area contributed by atoms with Crippen LogP contribution < -0.4 is 0 Å². The highest BCUT2D eigenvalue weighted by molar-refractivity contribution is 7.47. The summed E-state index contributed by atoms with van der Waals surface area (Å²) in [5.41, 5.74) is 0. The van der Waals surface area contributed by atoms with Gasteiger partial charge in [0, 0.05) is 12.8 Å². The summed E-state index contributed by atoms with van der Waals surface area (Å²) in [5, 5.41) is 9.49. The molecule has 1 unspecified atom stereocenters. The number of phosphoric ester groups is 1. The van der Waals surface area contributed by atoms with Gasteiger partial charge >= 0.3 is 19.8 Å². The normalized spacial score (nSPS) is 14.6. The van der Waals surface area contributed by atoms with Crippen molar-refractivity contribution in [2.45, 2.75) is 199 Å². The first-order valence-corrected chi connectivity index (χ1v) is 26.3. The molecule has 11 heteroatoms. The van der Waals surface area contributed by atoms with Crippen molar-refractivity contribution in [2.24, 2.45) is 0 Å². The predicted molar refractivity (Wildman–Crippen MR) is 262 cm³/mol. The van der Waals surface area contributed by atoms with Crippen LogP contribution in [0.4, 0.5) is 0 Å². The Kier molecular flexibility index (Phi) is 41.5. The standard InChI is InChI=1S/C52H92NO9P/c1-6-8-9-10-11-12-13-14-15-16-17-18-19-20-21-26-29-32-35-38-41-44-52(56)62-50(48-61-63(57,58)60-46-45-53(3,4)5)47-59-51(55)43-40-37-34-31-28-25-23-22-24-27-30-33-36-39-42-49(54)7-2/h14-15,23-25,27,31,33-34,36,39,42,49-50,54H,6-13,16-22,26,28-30,32,35,37-38,40-41,43-48H2,1-5H3/p+1/b15-14-,25-23-,27-24-,34-31-,36-33-,42-39+/t49-,50+/m0/s1. The number of aliphatic hydroxyl groups is 1. The average Bonchev–Trinajstić information content (AvgIpc) is 3.24. The Labute approximate surface area is 385 Å². The molecule has 3 atom stereocenters. The van der Waals surface area contributed by atoms with E-state index in [4.69, 9.17) is 18.5 Å². The molecular weight excluding hydrogens is 814 g/mol. The lowest BCUT2D eigenvalue weighted by molar-refractivity contribution is -0.870. The zero-order chi connectivity index (χ0) is 46.5. The molecule has 0 bridgehead atoms. The van der Waals surface area contributed by atoms with Crippen LogP contribution in [0.5, 0.6) is 0 Å². The van der Waals surface area contributed by atoms with Gasteiger partial charge in [0.05, 0.1) is 33.9 Å². The van der Waals surface area contributed by atoms with Gasteiger partial charge < -0.3 is 24.0 Å². The molecule has 0 fully saturated rings. The quantitative estimate of drug-likeness (QED) is 0.0153. The molecule has 0 radical (unpaired) electrons. The third-order valence-electron chi connectivity index (χ3n) is 10.4. The number of hydrogen-bond donors (Lipinski definition) is 2. The number of phosphoric acid groups is 1. The fourth-order valence-corrected chi connectivity index (χ4v) is 7.09. The Morgan fingerprint density at radius 3 is 1.60 bits per heavy atom. The van der Waals surface area contributed by atoms with Gasteiger partial charge in [-0.25, -0.2) is 4.57 Å². The van der Waals surface area contributed by atoms with Crippen LogP contribution in [-0.2, 0) is 32.7 Å². The smallest absolute Gasteiger partial charge is 0.462 e. The number of rotatable bonds is 44. The van der Waals surface area contributed by atoms with Crippen LogP contribution in [0.15, 0.2) is 72.9 Å². The first-order valence-electron chi connectivity index (χ1n) is 24.8. The van der Waals surface area contributed by atoms with Gasteiger partial charge in [0.2, 0.25) is 0 Å². The summed E-state index contributed by atoms with van der Waals surface area (Å²) in [6.07, 6.45) is 52.0. The Bertz CT molecular complexity index is 1320. The van der Waals surface area contributed by atoms with E-state index in [2.05, 4.69) is 49.5 Å². The van der Waals surface area contributed by atoms with Crippen LogP contribution in [0.25, 0.3) is 0 Å². The van der Waals surface area contributed by atoms with E-state index in [-0.39, 0.29) is 32.2 Å². The maximum absolute atomic E-state index is 12.7. The molecule has 0 spiro atoms. The summed E-state index contributed by atoms with van der Waals surface area (Å²) >= 11 is 0. The minimum absolute atomic E-state index is 0.0139. The van der Waals surface area contributed by atoms with Crippen LogP contribution in [0, 0.1) is 0 Å². The summed E-state index contributed by atoms with van der Waals surface area (Å²) < 4.78 is 34.3. The van der Waals surface area contributed by atoms with E-state index < -0.39 is 32.5 Å². The van der Waals surface area contributed by atoms with Gasteiger partial charge in [-0.3, -0.25) is 18.6 Å². The maximum Gasteiger partial charge on any atom is 0.472 e. The molecule has 0 aromatic rings. The molecule has 0 saturated heterocycles. The fourth-order valence-electron chi connectivity index (χ4n) is 6.35. The Hall–Kier alpha value is -2.59. The third-order valence-corrected chi connectivity index (χ3v) is 11.4. The van der Waals surface area contributed by atoms with Gasteiger partial charge in [-0.1, -0.05) is 177 Å². The monoisotopic (exact) mass is 907 g/mol. The molecule has 0 aromatic heterocycles. The summed E-state index contributed by atoms with van der Waals surface area (Å²) in [5.74, 6) is -0.888. The van der Waals surface area contributed by atoms with Gasteiger partial charge in [-0.05, 0) is 70.6 Å². The van der Waals surface area contributed by atoms with E-state index in [0.717, 1.165) is 44.9 Å². The number of carbonyl (C=O) groups excluding carboxylic acids is 2. The second kappa shape index (κ2) is 43.3. The SMILES string of the molecule is CCCCCCCC/C=C\CCCCCCCCCCCCCC(=O)O[C@H](COC(=O)CCC/C=C\C/C=C\C/C=C\C/C=C\C=C\[C@@H](O)CC)COP(=O)(O)OCC[N+](C)(C)C. The zero-order valence-corrected chi connectivity index (χ0v) is 41.5. The maximum atomic E-state index is 12.7. The average molecular weight is 907 g/mol. The van der Waals surface area contributed by atoms with Gasteiger partial charge in [-0.2, -0.15) is 0 Å². The van der Waals surface area contributed by atoms with E-state index in [0.29, 0.717) is 30.3 Å². The molecule has 0 rings (SSSR count). The predicted octanol–water partition coefficient (Wildman–Crippen LogP) is 13.6. The van der Waals surface area contributed by atoms with Crippen LogP contribution in [0.2, 0.25) is 0 Å². The van der Waals surface area contributed by atoms with Crippen LogP contribution >= 0.6 is 7.82 Å². The lowest BCUT2D eigenvalue weighted by atomic mass is 10.0. The molecular formula is C52H93NO9P+. The third kappa shape index (κ3) is 47.2. The number of likely N-dealkylation sites (N-methyl/N-ethyl adjacent to an activating group) is 1. The van der Waals surface area contributed by atoms with Gasteiger partial charge in [0.25, 0.3) is 0 Å². The lowest BCUT2D eigenvalue weighted by Gasteiger charge is -2.24. The Morgan fingerprint density at radius 2 is 1.05 bits per heavy atom. The van der Waals surface area contributed by atoms with E-state index in [1.165, 1.54) is 96.3 Å². The van der Waals surface area contributed by atoms with E-state index in [1.807, 2.05) is 52.4 Å². The molecule has 63 heavy (non-hydrogen) atoms. The van der Waals surface area contributed by atoms with Crippen molar-refractivity contribution in [3.63, 3.8) is 0 Å². The number of aliphatic hydroxyl groups excluding tert-OH is 1. The van der Waals surface area contributed by atoms with Crippen molar-refractivity contribution < 1.29 is 47.2 Å². The molecule has 10 nitrogen and oxygen atoms in total. The second-order valence-corrected chi connectivity index (χ2v) is 19.1. The van der Waals surface area contributed by atoms with Crippen molar-refractivity contribution in [1.82, 2.24) is 0 Å². The number of nitrogens with zero attached hydrogens (tertiary/aromatic N) is 1. The summed E-state index contributed by atoms with van der Waals surface area (Å²) in [6.45, 7) is 4.01. The Morgan fingerprint density at radius 1 is 0.571 bits per heavy atom. The molecule has 0 aliphatic carbocycles. The Balaban J connectivity index is 4.37. The van der Waals surface area contributed by atoms with E-state index >= 15 is 0 Å². The number of unbranched alkanes of at least 4 members (excludes halogenated alkanes) is 18. The molecule has 0 aromatic carbocycles. The minimum atomic E-state index is -4.40. The fraction of sp³-hybridized carbons (Fsp3) is 0.731. The molecule has 0 heterocycles. The summed E-state index contributed by atoms with van der Waals surface area (Å²) in [6, 6.07) is 0. The molecule has 0 saturated carbocycles. The van der Waals surface area contributed by atoms with Crippen LogP contribution in [0.1, 0.15) is 187 Å². The number of esters is 2. The molecule has 364 valence electrons. The lowest BCUT2D eigenvalue weighted by Crippen LogP contribution is -2.37. The van der Waals surface area contributed by atoms with Gasteiger partial charge in [-0.15, -0.1) is 0 Å². The van der Waals surface area contributed by atoms with E-state index in [9.17, 15) is 24.2 Å². The number of hydrogen-bond acceptors (Lipinski definition) is 8. The van der Waals surface area contributed by atoms with E-state index in [1.54, 1.807) is 6.08 Å². The highest BCUT2D eigenvalue weighted by Gasteiger charge is 2.27. The molecule has 0 aliphatic heterocycles. The first kappa shape index (κ1) is 60.4. The number of quaternary nitrogens is 1. The summed E-state index contributed by atoms with van der Waals surface area (Å²) in [4.78, 5) is 35.5. The van der Waals surface area contributed by atoms with Crippen LogP contribution in [-0.4, -0.2) is 86.1 Å². The number of carbonyl (C=O) groups is 2. The largest absolute Gasteiger partial charge is 0.472 e. The number of allylic oxidation sites excluding steroid dienone is 11. The van der Waals surface area contributed by atoms with Crippen molar-refractivity contribution in [3.05, 3.63) is 72.9 Å². The molecule has 2 N–H and O–H groups in total. The van der Waals surface area contributed by atoms with Crippen molar-refractivity contribution in [3.8, 4) is 0 Å². The molecule has 0 amide bonds. The highest BCUT2D eigenvalue weighted by Crippen LogP contribution is 2.43. The van der Waals surface area contributed by atoms with Gasteiger partial charge in [0.15, 0.2) is 6.10 Å². The topological polar surface area (TPSA) is 129 Å². The first-order chi connectivity index (χ1) is 30.4. The zero-order valence-electron chi connectivity index (χ0n) is 40.6. The number of ether oxygens (including phenoxy) is 2. The van der Waals surface area contributed by atoms with Crippen molar-refractivity contribution in [2.75, 3.05) is 47.5 Å². The van der Waals surface area contributed by atoms with Crippen LogP contribution in [0.3, 0.4) is 0 Å². The highest BCUT2D eigenvalue weighted by atomic mass is 31.2. The second-order valence-electron chi connectivity index (χ2n) is 17.7. The van der Waals surface area contributed by atoms with Crippen molar-refractivity contribution in [1.29, 1.82) is 0 Å². The molecule has 0 aliphatic rings.